The summed E-state index contributed by atoms with van der Waals surface area (Å²) in [6.07, 6.45) is 0. The third-order valence-electron chi connectivity index (χ3n) is 5.49. The van der Waals surface area contributed by atoms with Gasteiger partial charge < -0.3 is 20.6 Å². The summed E-state index contributed by atoms with van der Waals surface area (Å²) in [5.41, 5.74) is 10.3. The van der Waals surface area contributed by atoms with Gasteiger partial charge in [0.2, 0.25) is 0 Å². The highest BCUT2D eigenvalue weighted by molar-refractivity contribution is 9.11. The molecule has 0 saturated carbocycles. The maximum Gasteiger partial charge on any atom is 0.338 e. The van der Waals surface area contributed by atoms with Gasteiger partial charge in [-0.25, -0.2) is 9.79 Å². The lowest BCUT2D eigenvalue weighted by atomic mass is 9.95. The van der Waals surface area contributed by atoms with Gasteiger partial charge in [-0.05, 0) is 50.6 Å². The number of rotatable bonds is 6. The molecule has 180 valence electrons. The Labute approximate surface area is 220 Å². The van der Waals surface area contributed by atoms with Crippen molar-refractivity contribution < 1.29 is 14.6 Å². The lowest BCUT2D eigenvalue weighted by Crippen LogP contribution is -2.29. The Kier molecular flexibility index (Phi) is 7.17. The number of aliphatic imine (C=N–C) groups is 1. The molecule has 0 fully saturated rings. The Balaban J connectivity index is 1.92. The van der Waals surface area contributed by atoms with Crippen molar-refractivity contribution in [3.63, 3.8) is 0 Å². The van der Waals surface area contributed by atoms with E-state index in [2.05, 4.69) is 36.8 Å². The first kappa shape index (κ1) is 25.2. The van der Waals surface area contributed by atoms with Gasteiger partial charge in [0, 0.05) is 31.0 Å². The summed E-state index contributed by atoms with van der Waals surface area (Å²) in [6, 6.07) is 18.6. The molecular weight excluding hydrogens is 574 g/mol. The first-order valence-electron chi connectivity index (χ1n) is 11.0. The Bertz CT molecular complexity index is 1410. The Morgan fingerprint density at radius 3 is 2.31 bits per heavy atom. The molecule has 0 atom stereocenters. The molecule has 0 amide bonds. The number of fused-ring (bicyclic) bond motifs is 1. The number of nitrogens with zero attached hydrogens (tertiary/aromatic N) is 1. The number of hydrogen-bond acceptors (Lipinski definition) is 5. The molecule has 0 aliphatic heterocycles. The summed E-state index contributed by atoms with van der Waals surface area (Å²) >= 11 is 7.28. The predicted molar refractivity (Wildman–Crippen MR) is 147 cm³/mol. The molecule has 0 bridgehead atoms. The Morgan fingerprint density at radius 1 is 1.06 bits per heavy atom. The molecule has 0 unspecified atom stereocenters. The van der Waals surface area contributed by atoms with Crippen LogP contribution in [-0.2, 0) is 10.3 Å². The summed E-state index contributed by atoms with van der Waals surface area (Å²) in [5, 5.41) is 11.7. The molecule has 0 radical (unpaired) electrons. The van der Waals surface area contributed by atoms with Crippen molar-refractivity contribution in [2.75, 3.05) is 6.61 Å². The van der Waals surface area contributed by atoms with Crippen LogP contribution in [0.5, 0.6) is 5.88 Å². The van der Waals surface area contributed by atoms with Crippen LogP contribution < -0.4 is 5.73 Å². The zero-order chi connectivity index (χ0) is 25.3. The number of aromatic amines is 1. The smallest absolute Gasteiger partial charge is 0.338 e. The number of nitrogens with one attached hydrogen (secondary N) is 1. The van der Waals surface area contributed by atoms with Crippen molar-refractivity contribution in [2.45, 2.75) is 26.3 Å². The van der Waals surface area contributed by atoms with Gasteiger partial charge in [0.1, 0.15) is 0 Å². The number of H-pyrrole nitrogens is 1. The van der Waals surface area contributed by atoms with Crippen LogP contribution in [0.15, 0.2) is 74.6 Å². The number of hydrogen-bond donors (Lipinski definition) is 3. The van der Waals surface area contributed by atoms with Gasteiger partial charge in [-0.1, -0.05) is 68.3 Å². The van der Waals surface area contributed by atoms with E-state index < -0.39 is 11.5 Å². The molecule has 6 nitrogen and oxygen atoms in total. The van der Waals surface area contributed by atoms with Gasteiger partial charge in [-0.15, -0.1) is 0 Å². The maximum atomic E-state index is 12.2. The lowest BCUT2D eigenvalue weighted by Gasteiger charge is -2.23. The van der Waals surface area contributed by atoms with E-state index in [1.165, 1.54) is 0 Å². The zero-order valence-corrected chi connectivity index (χ0v) is 22.7. The molecule has 1 aromatic heterocycles. The van der Waals surface area contributed by atoms with Gasteiger partial charge >= 0.3 is 5.97 Å². The molecule has 1 heterocycles. The summed E-state index contributed by atoms with van der Waals surface area (Å²) in [5.74, 6) is -0.457. The van der Waals surface area contributed by atoms with E-state index in [1.807, 2.05) is 56.3 Å². The Hall–Kier alpha value is -2.94. The van der Waals surface area contributed by atoms with Crippen LogP contribution in [0, 0.1) is 0 Å². The second-order valence-electron chi connectivity index (χ2n) is 8.66. The number of nitrogens with two attached hydrogens (primary N) is 1. The second kappa shape index (κ2) is 9.97. The van der Waals surface area contributed by atoms with Crippen LogP contribution in [0.2, 0.25) is 0 Å². The van der Waals surface area contributed by atoms with E-state index in [-0.39, 0.29) is 12.5 Å². The maximum absolute atomic E-state index is 12.2. The highest BCUT2D eigenvalue weighted by atomic mass is 79.9. The van der Waals surface area contributed by atoms with E-state index in [9.17, 15) is 9.90 Å². The fourth-order valence-electron chi connectivity index (χ4n) is 3.99. The lowest BCUT2D eigenvalue weighted by molar-refractivity contribution is 0.0526. The van der Waals surface area contributed by atoms with Crippen molar-refractivity contribution in [3.05, 3.63) is 91.9 Å². The van der Waals surface area contributed by atoms with Gasteiger partial charge in [-0.2, -0.15) is 0 Å². The van der Waals surface area contributed by atoms with Crippen LogP contribution in [0.1, 0.15) is 47.8 Å². The van der Waals surface area contributed by atoms with E-state index in [0.717, 1.165) is 25.5 Å². The number of carbonyl (C=O) groups excluding carboxylic acids is 1. The number of ether oxygens (including phenoxy) is 1. The van der Waals surface area contributed by atoms with Gasteiger partial charge in [-0.3, -0.25) is 0 Å². The minimum Gasteiger partial charge on any atom is -0.494 e. The minimum atomic E-state index is -0.562. The number of carbonyl (C=O) groups is 1. The molecule has 4 aromatic rings. The van der Waals surface area contributed by atoms with E-state index in [0.29, 0.717) is 28.0 Å². The molecule has 0 aliphatic rings. The number of halogens is 2. The highest BCUT2D eigenvalue weighted by Crippen LogP contribution is 2.38. The number of benzene rings is 3. The normalized spacial score (nSPS) is 12.2. The van der Waals surface area contributed by atoms with E-state index in [1.54, 1.807) is 25.1 Å². The fraction of sp³-hybridized carbons (Fsp3) is 0.185. The van der Waals surface area contributed by atoms with Crippen molar-refractivity contribution in [2.24, 2.45) is 10.7 Å². The minimum absolute atomic E-state index is 0.0403. The van der Waals surface area contributed by atoms with Crippen molar-refractivity contribution in [3.8, 4) is 5.88 Å². The standard InChI is InChI=1S/C27H25Br2N3O3/c1-4-35-26(34)16-10-11-18-21(12-16)32-25(33)22(18)24(15-8-6-5-7-9-15)31-17-13-19(28)23(20(29)14-17)27(2,3)30/h5-14,32-33H,4,30H2,1-3H3. The molecule has 0 aliphatic carbocycles. The van der Waals surface area contributed by atoms with Crippen molar-refractivity contribution >= 4 is 60.1 Å². The van der Waals surface area contributed by atoms with E-state index >= 15 is 0 Å². The quantitative estimate of drug-likeness (QED) is 0.165. The summed E-state index contributed by atoms with van der Waals surface area (Å²) in [7, 11) is 0. The largest absolute Gasteiger partial charge is 0.494 e. The fourth-order valence-corrected chi connectivity index (χ4v) is 6.18. The summed E-state index contributed by atoms with van der Waals surface area (Å²) in [4.78, 5) is 20.1. The SMILES string of the molecule is CCOC(=O)c1ccc2c(C(=Nc3cc(Br)c(C(C)(C)N)c(Br)c3)c3ccccc3)c(O)[nH]c2c1. The van der Waals surface area contributed by atoms with Crippen LogP contribution in [0.4, 0.5) is 5.69 Å². The number of esters is 1. The molecule has 4 N–H and O–H groups in total. The van der Waals surface area contributed by atoms with Crippen LogP contribution in [-0.4, -0.2) is 28.4 Å². The van der Waals surface area contributed by atoms with Crippen LogP contribution >= 0.6 is 31.9 Å². The monoisotopic (exact) mass is 597 g/mol. The van der Waals surface area contributed by atoms with Crippen molar-refractivity contribution in [1.82, 2.24) is 4.98 Å². The molecule has 8 heteroatoms. The number of aromatic hydroxyl groups is 1. The summed E-state index contributed by atoms with van der Waals surface area (Å²) in [6.45, 7) is 5.92. The van der Waals surface area contributed by atoms with Crippen LogP contribution in [0.3, 0.4) is 0 Å². The average Bonchev–Trinajstić information content (AvgIpc) is 3.11. The van der Waals surface area contributed by atoms with Gasteiger partial charge in [0.05, 0.1) is 29.1 Å². The van der Waals surface area contributed by atoms with Gasteiger partial charge in [0.15, 0.2) is 5.88 Å². The molecule has 3 aromatic carbocycles. The molecular formula is C27H25Br2N3O3. The van der Waals surface area contributed by atoms with Crippen molar-refractivity contribution in [1.29, 1.82) is 0 Å². The highest BCUT2D eigenvalue weighted by Gasteiger charge is 2.23. The molecule has 0 spiro atoms. The topological polar surface area (TPSA) is 101 Å². The second-order valence-corrected chi connectivity index (χ2v) is 10.4. The Morgan fingerprint density at radius 2 is 1.71 bits per heavy atom. The van der Waals surface area contributed by atoms with Gasteiger partial charge in [0.25, 0.3) is 0 Å². The van der Waals surface area contributed by atoms with Crippen LogP contribution in [0.25, 0.3) is 10.9 Å². The molecule has 0 saturated heterocycles. The average molecular weight is 599 g/mol. The third kappa shape index (κ3) is 5.19. The van der Waals surface area contributed by atoms with E-state index in [4.69, 9.17) is 15.5 Å². The predicted octanol–water partition coefficient (Wildman–Crippen LogP) is 6.94. The third-order valence-corrected chi connectivity index (χ3v) is 6.74. The first-order chi connectivity index (χ1) is 16.6. The summed E-state index contributed by atoms with van der Waals surface area (Å²) < 4.78 is 6.76. The first-order valence-corrected chi connectivity index (χ1v) is 12.6. The molecule has 4 rings (SSSR count). The molecule has 35 heavy (non-hydrogen) atoms. The number of aromatic nitrogens is 1. The zero-order valence-electron chi connectivity index (χ0n) is 19.5.